The standard InChI is InChI=1S/C18H18N2O4S/c21-18(19-22)11-8-13-4-3-6-15(12-13)25(23,24)20-17-10-9-14-5-1-2-7-16(14)17/h1-8,11-12,17,20,22H,9-10H2,(H,19,21)/b11-8+. The molecular formula is C18H18N2O4S. The maximum atomic E-state index is 12.7. The number of sulfonamides is 1. The highest BCUT2D eigenvalue weighted by Crippen LogP contribution is 2.32. The highest BCUT2D eigenvalue weighted by Gasteiger charge is 2.27. The molecule has 0 heterocycles. The van der Waals surface area contributed by atoms with Crippen LogP contribution in [0.15, 0.2) is 59.5 Å². The van der Waals surface area contributed by atoms with Crippen molar-refractivity contribution in [3.63, 3.8) is 0 Å². The van der Waals surface area contributed by atoms with Crippen LogP contribution in [0.5, 0.6) is 0 Å². The van der Waals surface area contributed by atoms with E-state index in [1.54, 1.807) is 12.1 Å². The Morgan fingerprint density at radius 1 is 1.16 bits per heavy atom. The summed E-state index contributed by atoms with van der Waals surface area (Å²) in [6.07, 6.45) is 4.12. The van der Waals surface area contributed by atoms with Crippen molar-refractivity contribution in [2.45, 2.75) is 23.8 Å². The third-order valence-corrected chi connectivity index (χ3v) is 5.61. The Labute approximate surface area is 146 Å². The molecule has 1 unspecified atom stereocenters. The Kier molecular flexibility index (Phi) is 4.98. The molecule has 25 heavy (non-hydrogen) atoms. The molecule has 0 bridgehead atoms. The normalized spacial score (nSPS) is 16.8. The van der Waals surface area contributed by atoms with Gasteiger partial charge in [0.25, 0.3) is 5.91 Å². The molecule has 7 heteroatoms. The fraction of sp³-hybridized carbons (Fsp3) is 0.167. The molecule has 1 amide bonds. The summed E-state index contributed by atoms with van der Waals surface area (Å²) in [6, 6.07) is 13.8. The molecule has 0 aliphatic heterocycles. The van der Waals surface area contributed by atoms with Gasteiger partial charge in [-0.2, -0.15) is 0 Å². The largest absolute Gasteiger partial charge is 0.288 e. The minimum Gasteiger partial charge on any atom is -0.288 e. The molecule has 0 saturated heterocycles. The van der Waals surface area contributed by atoms with Crippen LogP contribution in [0, 0.1) is 0 Å². The summed E-state index contributed by atoms with van der Waals surface area (Å²) in [7, 11) is -3.69. The third-order valence-electron chi connectivity index (χ3n) is 4.14. The lowest BCUT2D eigenvalue weighted by Gasteiger charge is -2.14. The summed E-state index contributed by atoms with van der Waals surface area (Å²) in [5.41, 5.74) is 4.21. The molecule has 0 spiro atoms. The zero-order valence-corrected chi connectivity index (χ0v) is 14.2. The molecule has 0 fully saturated rings. The van der Waals surface area contributed by atoms with E-state index in [0.717, 1.165) is 24.5 Å². The van der Waals surface area contributed by atoms with Crippen LogP contribution in [0.1, 0.15) is 29.2 Å². The number of nitrogens with one attached hydrogen (secondary N) is 2. The minimum atomic E-state index is -3.69. The quantitative estimate of drug-likeness (QED) is 0.434. The van der Waals surface area contributed by atoms with Gasteiger partial charge in [0.1, 0.15) is 0 Å². The summed E-state index contributed by atoms with van der Waals surface area (Å²) in [4.78, 5) is 11.2. The monoisotopic (exact) mass is 358 g/mol. The number of carbonyl (C=O) groups is 1. The number of hydrogen-bond donors (Lipinski definition) is 3. The SMILES string of the molecule is O=C(/C=C/c1cccc(S(=O)(=O)NC2CCc3ccccc32)c1)NO. The summed E-state index contributed by atoms with van der Waals surface area (Å²) in [6.45, 7) is 0. The Bertz CT molecular complexity index is 922. The predicted octanol–water partition coefficient (Wildman–Crippen LogP) is 2.17. The van der Waals surface area contributed by atoms with Crippen molar-refractivity contribution < 1.29 is 18.4 Å². The van der Waals surface area contributed by atoms with Crippen LogP contribution < -0.4 is 10.2 Å². The molecule has 2 aromatic rings. The molecule has 0 saturated carbocycles. The number of aryl methyl sites for hydroxylation is 1. The van der Waals surface area contributed by atoms with Gasteiger partial charge in [-0.15, -0.1) is 0 Å². The lowest BCUT2D eigenvalue weighted by molar-refractivity contribution is -0.124. The first-order valence-corrected chi connectivity index (χ1v) is 9.30. The van der Waals surface area contributed by atoms with Crippen molar-refractivity contribution in [2.24, 2.45) is 0 Å². The Morgan fingerprint density at radius 3 is 2.76 bits per heavy atom. The van der Waals surface area contributed by atoms with Gasteiger partial charge in [-0.3, -0.25) is 10.0 Å². The van der Waals surface area contributed by atoms with E-state index in [9.17, 15) is 13.2 Å². The van der Waals surface area contributed by atoms with E-state index in [0.29, 0.717) is 5.56 Å². The van der Waals surface area contributed by atoms with Crippen LogP contribution in [0.3, 0.4) is 0 Å². The minimum absolute atomic E-state index is 0.128. The van der Waals surface area contributed by atoms with Gasteiger partial charge >= 0.3 is 0 Å². The average Bonchev–Trinajstić information content (AvgIpc) is 3.02. The van der Waals surface area contributed by atoms with Crippen LogP contribution in [0.4, 0.5) is 0 Å². The second kappa shape index (κ2) is 7.18. The number of hydroxylamine groups is 1. The summed E-state index contributed by atoms with van der Waals surface area (Å²) >= 11 is 0. The zero-order valence-electron chi connectivity index (χ0n) is 13.3. The average molecular weight is 358 g/mol. The van der Waals surface area contributed by atoms with Gasteiger partial charge in [0.15, 0.2) is 0 Å². The fourth-order valence-corrected chi connectivity index (χ4v) is 4.23. The summed E-state index contributed by atoms with van der Waals surface area (Å²) in [5, 5.41) is 8.48. The fourth-order valence-electron chi connectivity index (χ4n) is 2.93. The molecule has 3 rings (SSSR count). The van der Waals surface area contributed by atoms with E-state index in [-0.39, 0.29) is 10.9 Å². The summed E-state index contributed by atoms with van der Waals surface area (Å²) in [5.74, 6) is -0.686. The highest BCUT2D eigenvalue weighted by atomic mass is 32.2. The zero-order chi connectivity index (χ0) is 17.9. The molecule has 130 valence electrons. The van der Waals surface area contributed by atoms with Crippen LogP contribution >= 0.6 is 0 Å². The molecule has 0 radical (unpaired) electrons. The van der Waals surface area contributed by atoms with Gasteiger partial charge in [0.05, 0.1) is 4.90 Å². The van der Waals surface area contributed by atoms with E-state index in [2.05, 4.69) is 4.72 Å². The van der Waals surface area contributed by atoms with Crippen LogP contribution in [-0.4, -0.2) is 19.5 Å². The highest BCUT2D eigenvalue weighted by molar-refractivity contribution is 7.89. The van der Waals surface area contributed by atoms with Gasteiger partial charge in [-0.25, -0.2) is 18.6 Å². The van der Waals surface area contributed by atoms with Crippen molar-refractivity contribution in [1.82, 2.24) is 10.2 Å². The first-order valence-electron chi connectivity index (χ1n) is 7.82. The van der Waals surface area contributed by atoms with Crippen LogP contribution in [0.25, 0.3) is 6.08 Å². The van der Waals surface area contributed by atoms with E-state index in [1.165, 1.54) is 29.3 Å². The molecule has 1 aliphatic rings. The number of carbonyl (C=O) groups excluding carboxylic acids is 1. The van der Waals surface area contributed by atoms with Gasteiger partial charge in [0.2, 0.25) is 10.0 Å². The molecule has 3 N–H and O–H groups in total. The van der Waals surface area contributed by atoms with Crippen molar-refractivity contribution in [3.05, 3.63) is 71.3 Å². The lowest BCUT2D eigenvalue weighted by atomic mass is 10.1. The van der Waals surface area contributed by atoms with Crippen LogP contribution in [-0.2, 0) is 21.2 Å². The lowest BCUT2D eigenvalue weighted by Crippen LogP contribution is -2.27. The van der Waals surface area contributed by atoms with Crippen LogP contribution in [0.2, 0.25) is 0 Å². The second-order valence-electron chi connectivity index (χ2n) is 5.79. The third kappa shape index (κ3) is 3.96. The first kappa shape index (κ1) is 17.3. The Balaban J connectivity index is 1.81. The topological polar surface area (TPSA) is 95.5 Å². The number of amides is 1. The smallest absolute Gasteiger partial charge is 0.267 e. The first-order chi connectivity index (χ1) is 12.0. The molecule has 1 atom stereocenters. The van der Waals surface area contributed by atoms with Gasteiger partial charge in [0, 0.05) is 12.1 Å². The van der Waals surface area contributed by atoms with Gasteiger partial charge in [-0.05, 0) is 47.7 Å². The van der Waals surface area contributed by atoms with E-state index < -0.39 is 15.9 Å². The van der Waals surface area contributed by atoms with E-state index in [4.69, 9.17) is 5.21 Å². The number of benzene rings is 2. The molecular weight excluding hydrogens is 340 g/mol. The van der Waals surface area contributed by atoms with E-state index >= 15 is 0 Å². The van der Waals surface area contributed by atoms with Crippen molar-refractivity contribution in [1.29, 1.82) is 0 Å². The Hall–Kier alpha value is -2.48. The summed E-state index contributed by atoms with van der Waals surface area (Å²) < 4.78 is 28.1. The number of fused-ring (bicyclic) bond motifs is 1. The number of hydrogen-bond acceptors (Lipinski definition) is 4. The predicted molar refractivity (Wildman–Crippen MR) is 93.2 cm³/mol. The van der Waals surface area contributed by atoms with Crippen molar-refractivity contribution in [2.75, 3.05) is 0 Å². The number of rotatable bonds is 5. The molecule has 6 nitrogen and oxygen atoms in total. The van der Waals surface area contributed by atoms with E-state index in [1.807, 2.05) is 24.3 Å². The molecule has 1 aliphatic carbocycles. The van der Waals surface area contributed by atoms with Crippen molar-refractivity contribution >= 4 is 22.0 Å². The second-order valence-corrected chi connectivity index (χ2v) is 7.51. The maximum Gasteiger partial charge on any atom is 0.267 e. The van der Waals surface area contributed by atoms with Gasteiger partial charge in [-0.1, -0.05) is 36.4 Å². The Morgan fingerprint density at radius 2 is 1.96 bits per heavy atom. The van der Waals surface area contributed by atoms with Gasteiger partial charge < -0.3 is 0 Å². The van der Waals surface area contributed by atoms with Crippen molar-refractivity contribution in [3.8, 4) is 0 Å². The molecule has 0 aromatic heterocycles. The maximum absolute atomic E-state index is 12.7. The molecule has 2 aromatic carbocycles.